The van der Waals surface area contributed by atoms with Crippen LogP contribution in [-0.4, -0.2) is 20.4 Å². The smallest absolute Gasteiger partial charge is 0.261 e. The lowest BCUT2D eigenvalue weighted by Crippen LogP contribution is -2.16. The molecular weight excluding hydrogens is 412 g/mol. The van der Waals surface area contributed by atoms with Gasteiger partial charge in [0.1, 0.15) is 5.75 Å². The van der Waals surface area contributed by atoms with Crippen LogP contribution in [-0.2, 0) is 10.0 Å². The summed E-state index contributed by atoms with van der Waals surface area (Å²) in [5.74, 6) is 0.159. The van der Waals surface area contributed by atoms with Crippen LogP contribution < -0.4 is 14.8 Å². The summed E-state index contributed by atoms with van der Waals surface area (Å²) < 4.78 is 33.7. The second-order valence-corrected chi connectivity index (χ2v) is 9.31. The van der Waals surface area contributed by atoms with Gasteiger partial charge in [-0.1, -0.05) is 18.2 Å². The van der Waals surface area contributed by atoms with Crippen molar-refractivity contribution in [1.82, 2.24) is 0 Å². The van der Waals surface area contributed by atoms with E-state index in [1.165, 1.54) is 12.1 Å². The van der Waals surface area contributed by atoms with Crippen molar-refractivity contribution in [2.24, 2.45) is 0 Å². The molecule has 3 rings (SSSR count). The second kappa shape index (κ2) is 9.22. The summed E-state index contributed by atoms with van der Waals surface area (Å²) in [6.45, 7) is 7.60. The third-order valence-corrected chi connectivity index (χ3v) is 5.79. The Morgan fingerprint density at radius 2 is 1.48 bits per heavy atom. The summed E-state index contributed by atoms with van der Waals surface area (Å²) in [7, 11) is -3.75. The van der Waals surface area contributed by atoms with Gasteiger partial charge in [-0.15, -0.1) is 0 Å². The molecule has 2 N–H and O–H groups in total. The lowest BCUT2D eigenvalue weighted by molar-refractivity contribution is 0.102. The minimum Gasteiger partial charge on any atom is -0.490 e. The first-order valence-corrected chi connectivity index (χ1v) is 11.4. The van der Waals surface area contributed by atoms with Gasteiger partial charge in [0.15, 0.2) is 0 Å². The van der Waals surface area contributed by atoms with Gasteiger partial charge in [0, 0.05) is 11.4 Å². The van der Waals surface area contributed by atoms with Crippen LogP contribution in [0, 0.1) is 13.8 Å². The van der Waals surface area contributed by atoms with Crippen LogP contribution in [0.1, 0.15) is 35.3 Å². The van der Waals surface area contributed by atoms with Crippen molar-refractivity contribution in [3.8, 4) is 5.75 Å². The molecule has 0 spiro atoms. The highest BCUT2D eigenvalue weighted by atomic mass is 32.2. The maximum Gasteiger partial charge on any atom is 0.261 e. The number of nitrogens with one attached hydrogen (secondary N) is 2. The lowest BCUT2D eigenvalue weighted by Gasteiger charge is -2.14. The largest absolute Gasteiger partial charge is 0.490 e. The zero-order chi connectivity index (χ0) is 22.6. The summed E-state index contributed by atoms with van der Waals surface area (Å²) >= 11 is 0. The predicted octanol–water partition coefficient (Wildman–Crippen LogP) is 5.14. The molecule has 1 amide bonds. The van der Waals surface area contributed by atoms with Gasteiger partial charge >= 0.3 is 0 Å². The number of anilines is 2. The first-order valence-electron chi connectivity index (χ1n) is 9.92. The molecule has 0 radical (unpaired) electrons. The Morgan fingerprint density at radius 1 is 0.871 bits per heavy atom. The second-order valence-electron chi connectivity index (χ2n) is 7.62. The standard InChI is InChI=1S/C24H26N2O4S/c1-16(2)30-23-8-6-5-7-22(23)24(27)25-19-9-11-21(12-10-19)31(28,29)26-20-14-17(3)13-18(4)15-20/h5-16,26H,1-4H3,(H,25,27). The average molecular weight is 439 g/mol. The highest BCUT2D eigenvalue weighted by Crippen LogP contribution is 2.23. The molecule has 0 aliphatic carbocycles. The zero-order valence-electron chi connectivity index (χ0n) is 18.0. The van der Waals surface area contributed by atoms with E-state index in [2.05, 4.69) is 10.0 Å². The van der Waals surface area contributed by atoms with Gasteiger partial charge in [-0.25, -0.2) is 8.42 Å². The lowest BCUT2D eigenvalue weighted by atomic mass is 10.1. The molecular formula is C24H26N2O4S. The van der Waals surface area contributed by atoms with Gasteiger partial charge in [-0.2, -0.15) is 0 Å². The van der Waals surface area contributed by atoms with Crippen LogP contribution in [0.25, 0.3) is 0 Å². The van der Waals surface area contributed by atoms with Gasteiger partial charge in [-0.3, -0.25) is 9.52 Å². The molecule has 0 fully saturated rings. The number of carbonyl (C=O) groups is 1. The highest BCUT2D eigenvalue weighted by Gasteiger charge is 2.16. The molecule has 162 valence electrons. The Kier molecular flexibility index (Phi) is 6.65. The Balaban J connectivity index is 1.75. The van der Waals surface area contributed by atoms with Crippen LogP contribution >= 0.6 is 0 Å². The van der Waals surface area contributed by atoms with E-state index in [0.717, 1.165) is 11.1 Å². The van der Waals surface area contributed by atoms with Gasteiger partial charge in [0.2, 0.25) is 0 Å². The summed E-state index contributed by atoms with van der Waals surface area (Å²) in [6, 6.07) is 18.5. The number of aryl methyl sites for hydroxylation is 2. The van der Waals surface area contributed by atoms with Crippen molar-refractivity contribution in [2.45, 2.75) is 38.7 Å². The molecule has 0 saturated carbocycles. The van der Waals surface area contributed by atoms with Crippen molar-refractivity contribution in [2.75, 3.05) is 10.0 Å². The van der Waals surface area contributed by atoms with Crippen molar-refractivity contribution in [3.63, 3.8) is 0 Å². The minimum atomic E-state index is -3.75. The molecule has 0 aromatic heterocycles. The number of sulfonamides is 1. The number of amides is 1. The Labute approximate surface area is 183 Å². The normalized spacial score (nSPS) is 11.3. The van der Waals surface area contributed by atoms with E-state index >= 15 is 0 Å². The Hall–Kier alpha value is -3.32. The van der Waals surface area contributed by atoms with Crippen molar-refractivity contribution >= 4 is 27.3 Å². The number of rotatable bonds is 7. The fourth-order valence-electron chi connectivity index (χ4n) is 3.17. The number of carbonyl (C=O) groups excluding carboxylic acids is 1. The third-order valence-electron chi connectivity index (χ3n) is 4.39. The van der Waals surface area contributed by atoms with Gasteiger partial charge in [0.05, 0.1) is 16.6 Å². The molecule has 6 nitrogen and oxygen atoms in total. The molecule has 31 heavy (non-hydrogen) atoms. The third kappa shape index (κ3) is 5.86. The molecule has 0 saturated heterocycles. The van der Waals surface area contributed by atoms with Crippen LogP contribution in [0.5, 0.6) is 5.75 Å². The molecule has 0 atom stereocenters. The van der Waals surface area contributed by atoms with Crippen molar-refractivity contribution in [1.29, 1.82) is 0 Å². The molecule has 0 bridgehead atoms. The summed E-state index contributed by atoms with van der Waals surface area (Å²) in [6.07, 6.45) is -0.0665. The molecule has 0 aliphatic heterocycles. The van der Waals surface area contributed by atoms with Crippen LogP contribution in [0.15, 0.2) is 71.6 Å². The molecule has 3 aromatic rings. The van der Waals surface area contributed by atoms with Crippen molar-refractivity contribution in [3.05, 3.63) is 83.4 Å². The maximum absolute atomic E-state index is 12.7. The van der Waals surface area contributed by atoms with Crippen LogP contribution in [0.3, 0.4) is 0 Å². The van der Waals surface area contributed by atoms with Crippen LogP contribution in [0.4, 0.5) is 11.4 Å². The van der Waals surface area contributed by atoms with Gasteiger partial charge < -0.3 is 10.1 Å². The highest BCUT2D eigenvalue weighted by molar-refractivity contribution is 7.92. The first-order chi connectivity index (χ1) is 14.6. The van der Waals surface area contributed by atoms with E-state index in [4.69, 9.17) is 4.74 Å². The van der Waals surface area contributed by atoms with Gasteiger partial charge in [0.25, 0.3) is 15.9 Å². The summed E-state index contributed by atoms with van der Waals surface area (Å²) in [4.78, 5) is 12.8. The zero-order valence-corrected chi connectivity index (χ0v) is 18.8. The number of benzene rings is 3. The monoisotopic (exact) mass is 438 g/mol. The molecule has 7 heteroatoms. The van der Waals surface area contributed by atoms with E-state index in [0.29, 0.717) is 22.7 Å². The van der Waals surface area contributed by atoms with E-state index in [-0.39, 0.29) is 16.9 Å². The Morgan fingerprint density at radius 3 is 2.10 bits per heavy atom. The quantitative estimate of drug-likeness (QED) is 0.535. The fraction of sp³-hybridized carbons (Fsp3) is 0.208. The van der Waals surface area contributed by atoms with Crippen LogP contribution in [0.2, 0.25) is 0 Å². The number of hydrogen-bond donors (Lipinski definition) is 2. The molecule has 0 heterocycles. The molecule has 3 aromatic carbocycles. The summed E-state index contributed by atoms with van der Waals surface area (Å²) in [5, 5.41) is 2.78. The first kappa shape index (κ1) is 22.4. The van der Waals surface area contributed by atoms with Crippen molar-refractivity contribution < 1.29 is 17.9 Å². The fourth-order valence-corrected chi connectivity index (χ4v) is 4.21. The predicted molar refractivity (Wildman–Crippen MR) is 123 cm³/mol. The summed E-state index contributed by atoms with van der Waals surface area (Å²) in [5.41, 5.74) is 3.34. The van der Waals surface area contributed by atoms with E-state index in [1.807, 2.05) is 33.8 Å². The van der Waals surface area contributed by atoms with E-state index in [1.54, 1.807) is 48.5 Å². The SMILES string of the molecule is Cc1cc(C)cc(NS(=O)(=O)c2ccc(NC(=O)c3ccccc3OC(C)C)cc2)c1. The molecule has 0 unspecified atom stereocenters. The number of hydrogen-bond acceptors (Lipinski definition) is 4. The minimum absolute atomic E-state index is 0.0665. The number of para-hydroxylation sites is 1. The van der Waals surface area contributed by atoms with E-state index < -0.39 is 10.0 Å². The Bertz CT molecular complexity index is 1170. The average Bonchev–Trinajstić information content (AvgIpc) is 2.67. The van der Waals surface area contributed by atoms with E-state index in [9.17, 15) is 13.2 Å². The maximum atomic E-state index is 12.7. The topological polar surface area (TPSA) is 84.5 Å². The number of ether oxygens (including phenoxy) is 1. The molecule has 0 aliphatic rings. The van der Waals surface area contributed by atoms with Gasteiger partial charge in [-0.05, 0) is 87.4 Å².